The summed E-state index contributed by atoms with van der Waals surface area (Å²) in [6.45, 7) is 12.5. The van der Waals surface area contributed by atoms with E-state index in [9.17, 15) is 14.5 Å². The molecule has 6 nitrogen and oxygen atoms in total. The van der Waals surface area contributed by atoms with Crippen LogP contribution in [0.5, 0.6) is 17.2 Å². The summed E-state index contributed by atoms with van der Waals surface area (Å²) in [5, 5.41) is 10.9. The summed E-state index contributed by atoms with van der Waals surface area (Å²) < 4.78 is 30.0. The highest BCUT2D eigenvalue weighted by Crippen LogP contribution is 2.57. The predicted octanol–water partition coefficient (Wildman–Crippen LogP) is 5.75. The number of fused-ring (bicyclic) bond motifs is 1. The van der Waals surface area contributed by atoms with Crippen molar-refractivity contribution in [1.82, 2.24) is 0 Å². The van der Waals surface area contributed by atoms with Gasteiger partial charge in [0.1, 0.15) is 29.7 Å². The number of aromatic hydroxyl groups is 1. The lowest BCUT2D eigenvalue weighted by Crippen LogP contribution is -2.36. The summed E-state index contributed by atoms with van der Waals surface area (Å²) in [4.78, 5) is 12.5. The van der Waals surface area contributed by atoms with Gasteiger partial charge in [0, 0.05) is 18.3 Å². The van der Waals surface area contributed by atoms with Crippen LogP contribution >= 0.6 is 7.14 Å². The second-order valence-electron chi connectivity index (χ2n) is 10.5. The number of hydrogen-bond acceptors (Lipinski definition) is 6. The van der Waals surface area contributed by atoms with Crippen molar-refractivity contribution in [2.24, 2.45) is 23.2 Å². The quantitative estimate of drug-likeness (QED) is 0.366. The lowest BCUT2D eigenvalue weighted by atomic mass is 9.75. The number of carbonyl (C=O) groups is 1. The molecule has 1 aliphatic heterocycles. The third-order valence-corrected chi connectivity index (χ3v) is 9.27. The van der Waals surface area contributed by atoms with Gasteiger partial charge in [0.25, 0.3) is 0 Å². The third kappa shape index (κ3) is 5.14. The fourth-order valence-corrected chi connectivity index (χ4v) is 8.04. The molecule has 1 unspecified atom stereocenters. The summed E-state index contributed by atoms with van der Waals surface area (Å²) in [6.07, 6.45) is 2.53. The molecule has 1 aromatic rings. The van der Waals surface area contributed by atoms with Crippen molar-refractivity contribution in [3.8, 4) is 17.2 Å². The Morgan fingerprint density at radius 2 is 2.00 bits per heavy atom. The molecule has 1 saturated carbocycles. The molecule has 0 radical (unpaired) electrons. The van der Waals surface area contributed by atoms with Crippen LogP contribution in [0.1, 0.15) is 60.8 Å². The van der Waals surface area contributed by atoms with Crippen LogP contribution in [0.15, 0.2) is 12.1 Å². The molecule has 0 amide bonds. The molecule has 3 rings (SSSR count). The summed E-state index contributed by atoms with van der Waals surface area (Å²) in [7, 11) is -2.87. The van der Waals surface area contributed by atoms with Crippen molar-refractivity contribution in [3.05, 3.63) is 12.1 Å². The van der Waals surface area contributed by atoms with Gasteiger partial charge in [-0.3, -0.25) is 0 Å². The van der Waals surface area contributed by atoms with Crippen molar-refractivity contribution < 1.29 is 28.7 Å². The van der Waals surface area contributed by atoms with E-state index in [0.717, 1.165) is 19.3 Å². The fourth-order valence-electron chi connectivity index (χ4n) is 4.77. The maximum atomic E-state index is 13.4. The van der Waals surface area contributed by atoms with Gasteiger partial charge in [-0.2, -0.15) is 0 Å². The molecule has 0 saturated heterocycles. The van der Waals surface area contributed by atoms with Gasteiger partial charge in [-0.15, -0.1) is 0 Å². The minimum Gasteiger partial charge on any atom is -0.507 e. The van der Waals surface area contributed by atoms with Crippen molar-refractivity contribution in [2.45, 2.75) is 66.9 Å². The highest BCUT2D eigenvalue weighted by Gasteiger charge is 2.41. The molecule has 1 heterocycles. The average Bonchev–Trinajstić information content (AvgIpc) is 2.89. The van der Waals surface area contributed by atoms with E-state index in [0.29, 0.717) is 35.0 Å². The molecule has 7 heteroatoms. The zero-order valence-corrected chi connectivity index (χ0v) is 19.8. The van der Waals surface area contributed by atoms with Crippen LogP contribution in [0.25, 0.3) is 0 Å². The molecular weight excluding hydrogens is 403 g/mol. The van der Waals surface area contributed by atoms with Crippen LogP contribution in [-0.4, -0.2) is 29.9 Å². The van der Waals surface area contributed by atoms with Gasteiger partial charge in [-0.05, 0) is 36.0 Å². The van der Waals surface area contributed by atoms with Gasteiger partial charge < -0.3 is 23.9 Å². The first-order chi connectivity index (χ1) is 13.9. The van der Waals surface area contributed by atoms with Gasteiger partial charge in [-0.25, -0.2) is 4.79 Å². The van der Waals surface area contributed by atoms with Gasteiger partial charge in [0.2, 0.25) is 0 Å². The van der Waals surface area contributed by atoms with Gasteiger partial charge in [-0.1, -0.05) is 48.0 Å². The number of benzene rings is 1. The van der Waals surface area contributed by atoms with Crippen LogP contribution < -0.4 is 14.8 Å². The Morgan fingerprint density at radius 1 is 1.30 bits per heavy atom. The maximum absolute atomic E-state index is 13.4. The topological polar surface area (TPSA) is 82.1 Å². The molecule has 1 aliphatic carbocycles. The minimum absolute atomic E-state index is 0.0527. The van der Waals surface area contributed by atoms with Crippen LogP contribution in [0, 0.1) is 23.2 Å². The second-order valence-corrected chi connectivity index (χ2v) is 13.3. The van der Waals surface area contributed by atoms with E-state index in [1.807, 2.05) is 20.8 Å². The summed E-state index contributed by atoms with van der Waals surface area (Å²) in [6, 6.07) is 2.84. The van der Waals surface area contributed by atoms with Crippen molar-refractivity contribution in [1.29, 1.82) is 0 Å². The van der Waals surface area contributed by atoms with Crippen LogP contribution in [0.4, 0.5) is 4.79 Å². The largest absolute Gasteiger partial charge is 0.514 e. The van der Waals surface area contributed by atoms with Crippen LogP contribution in [-0.2, 0) is 9.30 Å². The molecule has 0 spiro atoms. The Hall–Kier alpha value is -1.68. The Morgan fingerprint density at radius 3 is 2.63 bits per heavy atom. The fraction of sp³-hybridized carbons (Fsp3) is 0.696. The van der Waals surface area contributed by atoms with Crippen molar-refractivity contribution in [2.75, 3.05) is 12.5 Å². The average molecular weight is 439 g/mol. The highest BCUT2D eigenvalue weighted by atomic mass is 31.2. The molecule has 30 heavy (non-hydrogen) atoms. The first kappa shape index (κ1) is 23.0. The minimum atomic E-state index is -2.87. The normalized spacial score (nSPS) is 28.7. The lowest BCUT2D eigenvalue weighted by Gasteiger charge is -2.36. The molecule has 1 aromatic carbocycles. The standard InChI is InChI=1S/C23H35O6P/c1-14(2)17-8-7-15(3)9-19(17)29-22(25)28-16-10-18(24)21-20(11-16)27-13-30(21,26)12-23(4,5)6/h10-11,14-15,17,19,24H,7-9,12-13H2,1-6H3/t15-,17+,19-,30?/m0/s1. The molecule has 2 aliphatic rings. The highest BCUT2D eigenvalue weighted by molar-refractivity contribution is 7.72. The smallest absolute Gasteiger partial charge is 0.507 e. The number of ether oxygens (including phenoxy) is 3. The predicted molar refractivity (Wildman–Crippen MR) is 117 cm³/mol. The molecule has 168 valence electrons. The summed E-state index contributed by atoms with van der Waals surface area (Å²) in [5.41, 5.74) is -0.171. The van der Waals surface area contributed by atoms with E-state index in [2.05, 4.69) is 20.8 Å². The van der Waals surface area contributed by atoms with Crippen LogP contribution in [0.3, 0.4) is 0 Å². The lowest BCUT2D eigenvalue weighted by molar-refractivity contribution is -0.0137. The van der Waals surface area contributed by atoms with E-state index in [-0.39, 0.29) is 29.4 Å². The molecule has 0 aromatic heterocycles. The first-order valence-corrected chi connectivity index (χ1v) is 12.9. The molecular formula is C23H35O6P. The summed E-state index contributed by atoms with van der Waals surface area (Å²) >= 11 is 0. The van der Waals surface area contributed by atoms with E-state index < -0.39 is 13.3 Å². The molecule has 1 fully saturated rings. The van der Waals surface area contributed by atoms with Gasteiger partial charge in [0.05, 0.1) is 5.30 Å². The SMILES string of the molecule is CC(C)[C@H]1CC[C@H](C)C[C@@H]1OC(=O)Oc1cc(O)c2c(c1)OCP2(=O)CC(C)(C)C. The first-order valence-electron chi connectivity index (χ1n) is 10.8. The number of phenols is 1. The Kier molecular flexibility index (Phi) is 6.48. The van der Waals surface area contributed by atoms with Gasteiger partial charge in [0.15, 0.2) is 7.14 Å². The molecule has 1 N–H and O–H groups in total. The van der Waals surface area contributed by atoms with Crippen molar-refractivity contribution in [3.63, 3.8) is 0 Å². The number of phenolic OH excluding ortho intramolecular Hbond substituents is 1. The third-order valence-electron chi connectivity index (χ3n) is 6.00. The Bertz CT molecular complexity index is 841. The van der Waals surface area contributed by atoms with E-state index in [1.165, 1.54) is 12.1 Å². The molecule has 4 atom stereocenters. The van der Waals surface area contributed by atoms with Gasteiger partial charge >= 0.3 is 6.16 Å². The number of carbonyl (C=O) groups excluding carboxylic acids is 1. The number of rotatable bonds is 4. The van der Waals surface area contributed by atoms with E-state index in [4.69, 9.17) is 14.2 Å². The monoisotopic (exact) mass is 438 g/mol. The van der Waals surface area contributed by atoms with E-state index >= 15 is 0 Å². The maximum Gasteiger partial charge on any atom is 0.514 e. The zero-order valence-electron chi connectivity index (χ0n) is 18.9. The Labute approximate surface area is 179 Å². The van der Waals surface area contributed by atoms with Crippen LogP contribution in [0.2, 0.25) is 0 Å². The van der Waals surface area contributed by atoms with Crippen molar-refractivity contribution >= 4 is 18.6 Å². The number of hydrogen-bond donors (Lipinski definition) is 1. The Balaban J connectivity index is 1.73. The van der Waals surface area contributed by atoms with E-state index in [1.54, 1.807) is 0 Å². The molecule has 0 bridgehead atoms. The summed E-state index contributed by atoms with van der Waals surface area (Å²) in [5.74, 6) is 1.53. The zero-order chi connectivity index (χ0) is 22.3. The second kappa shape index (κ2) is 8.45.